The van der Waals surface area contributed by atoms with E-state index in [1.165, 1.54) is 13.3 Å². The van der Waals surface area contributed by atoms with Crippen LogP contribution >= 0.6 is 0 Å². The van der Waals surface area contributed by atoms with Gasteiger partial charge in [0.05, 0.1) is 38.9 Å². The van der Waals surface area contributed by atoms with Crippen molar-refractivity contribution in [3.8, 4) is 5.88 Å². The Morgan fingerprint density at radius 3 is 2.79 bits per heavy atom. The Balaban J connectivity index is 2.14. The molecule has 1 fully saturated rings. The number of morpholine rings is 1. The summed E-state index contributed by atoms with van der Waals surface area (Å²) in [6.07, 6.45) is 1.61. The van der Waals surface area contributed by atoms with Crippen molar-refractivity contribution in [3.63, 3.8) is 0 Å². The summed E-state index contributed by atoms with van der Waals surface area (Å²) in [6.45, 7) is 1.30. The molecular weight excluding hydrogens is 314 g/mol. The maximum Gasteiger partial charge on any atom is 0.255 e. The molecule has 2 heterocycles. The number of nitrogens with one attached hydrogen (secondary N) is 1. The number of aromatic nitrogens is 1. The van der Waals surface area contributed by atoms with Gasteiger partial charge in [-0.15, -0.1) is 0 Å². The second kappa shape index (κ2) is 8.07. The normalized spacial score (nSPS) is 20.5. The van der Waals surface area contributed by atoms with Gasteiger partial charge in [-0.3, -0.25) is 9.59 Å². The Hall–Kier alpha value is -2.19. The third-order valence-corrected chi connectivity index (χ3v) is 3.90. The summed E-state index contributed by atoms with van der Waals surface area (Å²) in [5, 5.41) is 2.58. The Bertz CT molecular complexity index is 574. The van der Waals surface area contributed by atoms with E-state index >= 15 is 0 Å². The van der Waals surface area contributed by atoms with Gasteiger partial charge in [0, 0.05) is 33.0 Å². The van der Waals surface area contributed by atoms with Crippen LogP contribution < -0.4 is 10.1 Å². The van der Waals surface area contributed by atoms with Crippen LogP contribution in [0.4, 0.5) is 0 Å². The minimum atomic E-state index is -0.845. The summed E-state index contributed by atoms with van der Waals surface area (Å²) >= 11 is 0. The number of carbonyl (C=O) groups excluding carboxylic acids is 2. The Morgan fingerprint density at radius 2 is 2.21 bits per heavy atom. The van der Waals surface area contributed by atoms with Crippen molar-refractivity contribution < 1.29 is 23.8 Å². The van der Waals surface area contributed by atoms with Gasteiger partial charge in [0.1, 0.15) is 5.60 Å². The summed E-state index contributed by atoms with van der Waals surface area (Å²) in [4.78, 5) is 30.2. The zero-order valence-corrected chi connectivity index (χ0v) is 14.2. The fourth-order valence-corrected chi connectivity index (χ4v) is 2.72. The SMILES string of the molecule is CNC(=O)C[C@]1(COC)CN(C(=O)c2ccc(OC)nc2)CCO1. The van der Waals surface area contributed by atoms with Crippen molar-refractivity contribution in [2.24, 2.45) is 0 Å². The number of methoxy groups -OCH3 is 2. The predicted molar refractivity (Wildman–Crippen MR) is 85.9 cm³/mol. The lowest BCUT2D eigenvalue weighted by atomic mass is 9.97. The molecule has 8 nitrogen and oxygen atoms in total. The third-order valence-electron chi connectivity index (χ3n) is 3.90. The van der Waals surface area contributed by atoms with Crippen LogP contribution in [-0.2, 0) is 14.3 Å². The molecule has 0 aliphatic carbocycles. The maximum absolute atomic E-state index is 12.7. The lowest BCUT2D eigenvalue weighted by Gasteiger charge is -2.42. The molecule has 0 bridgehead atoms. The number of carbonyl (C=O) groups is 2. The van der Waals surface area contributed by atoms with Crippen LogP contribution in [0, 0.1) is 0 Å². The van der Waals surface area contributed by atoms with E-state index in [2.05, 4.69) is 10.3 Å². The molecule has 1 aliphatic rings. The minimum absolute atomic E-state index is 0.127. The molecule has 1 N–H and O–H groups in total. The predicted octanol–water partition coefficient (Wildman–Crippen LogP) is 0.0839. The molecule has 2 rings (SSSR count). The van der Waals surface area contributed by atoms with E-state index in [4.69, 9.17) is 14.2 Å². The molecule has 1 aliphatic heterocycles. The van der Waals surface area contributed by atoms with Crippen LogP contribution in [0.3, 0.4) is 0 Å². The Morgan fingerprint density at radius 1 is 1.42 bits per heavy atom. The molecule has 1 aromatic rings. The molecular formula is C16H23N3O5. The first-order valence-corrected chi connectivity index (χ1v) is 7.66. The first kappa shape index (κ1) is 18.2. The fourth-order valence-electron chi connectivity index (χ4n) is 2.72. The van der Waals surface area contributed by atoms with Crippen LogP contribution in [0.15, 0.2) is 18.3 Å². The average molecular weight is 337 g/mol. The van der Waals surface area contributed by atoms with Gasteiger partial charge in [-0.05, 0) is 6.07 Å². The fraction of sp³-hybridized carbons (Fsp3) is 0.562. The summed E-state index contributed by atoms with van der Waals surface area (Å²) in [7, 11) is 4.63. The van der Waals surface area contributed by atoms with Gasteiger partial charge in [0.2, 0.25) is 11.8 Å². The molecule has 0 spiro atoms. The van der Waals surface area contributed by atoms with Crippen molar-refractivity contribution >= 4 is 11.8 Å². The summed E-state index contributed by atoms with van der Waals surface area (Å²) in [5.41, 5.74) is -0.383. The first-order valence-electron chi connectivity index (χ1n) is 7.66. The van der Waals surface area contributed by atoms with Gasteiger partial charge < -0.3 is 24.4 Å². The molecule has 1 aromatic heterocycles. The highest BCUT2D eigenvalue weighted by atomic mass is 16.5. The number of nitrogens with zero attached hydrogens (tertiary/aromatic N) is 2. The lowest BCUT2D eigenvalue weighted by Crippen LogP contribution is -2.57. The molecule has 8 heteroatoms. The Kier molecular flexibility index (Phi) is 6.10. The van der Waals surface area contributed by atoms with E-state index in [1.54, 1.807) is 31.2 Å². The van der Waals surface area contributed by atoms with Gasteiger partial charge in [0.15, 0.2) is 0 Å². The van der Waals surface area contributed by atoms with Crippen molar-refractivity contribution in [1.29, 1.82) is 0 Å². The molecule has 2 amide bonds. The molecule has 24 heavy (non-hydrogen) atoms. The molecule has 132 valence electrons. The standard InChI is InChI=1S/C16H23N3O5/c1-17-13(20)8-16(11-22-2)10-19(6-7-24-16)15(21)12-4-5-14(23-3)18-9-12/h4-5,9H,6-8,10-11H2,1-3H3,(H,17,20)/t16-/m1/s1. The van der Waals surface area contributed by atoms with Gasteiger partial charge in [-0.25, -0.2) is 4.98 Å². The zero-order valence-electron chi connectivity index (χ0n) is 14.2. The first-order chi connectivity index (χ1) is 11.5. The smallest absolute Gasteiger partial charge is 0.255 e. The molecule has 0 saturated carbocycles. The van der Waals surface area contributed by atoms with E-state index in [-0.39, 0.29) is 31.4 Å². The number of hydrogen-bond donors (Lipinski definition) is 1. The van der Waals surface area contributed by atoms with Gasteiger partial charge in [-0.1, -0.05) is 0 Å². The molecule has 0 unspecified atom stereocenters. The van der Waals surface area contributed by atoms with E-state index in [0.717, 1.165) is 0 Å². The molecule has 0 aromatic carbocycles. The largest absolute Gasteiger partial charge is 0.481 e. The number of amides is 2. The van der Waals surface area contributed by atoms with E-state index in [0.29, 0.717) is 24.6 Å². The quantitative estimate of drug-likeness (QED) is 0.791. The number of ether oxygens (including phenoxy) is 3. The van der Waals surface area contributed by atoms with Gasteiger partial charge >= 0.3 is 0 Å². The average Bonchev–Trinajstić information content (AvgIpc) is 2.61. The Labute approximate surface area is 141 Å². The third kappa shape index (κ3) is 4.21. The zero-order chi connectivity index (χ0) is 17.6. The number of hydrogen-bond acceptors (Lipinski definition) is 6. The van der Waals surface area contributed by atoms with E-state index in [9.17, 15) is 9.59 Å². The summed E-state index contributed by atoms with van der Waals surface area (Å²) < 4.78 is 16.0. The van der Waals surface area contributed by atoms with Gasteiger partial charge in [-0.2, -0.15) is 0 Å². The van der Waals surface area contributed by atoms with Crippen molar-refractivity contribution in [3.05, 3.63) is 23.9 Å². The highest BCUT2D eigenvalue weighted by Crippen LogP contribution is 2.24. The van der Waals surface area contributed by atoms with Crippen LogP contribution in [0.25, 0.3) is 0 Å². The summed E-state index contributed by atoms with van der Waals surface area (Å²) in [5.74, 6) is 0.125. The number of pyridine rings is 1. The highest BCUT2D eigenvalue weighted by molar-refractivity contribution is 5.94. The van der Waals surface area contributed by atoms with E-state index in [1.807, 2.05) is 0 Å². The molecule has 1 saturated heterocycles. The topological polar surface area (TPSA) is 90.0 Å². The second-order valence-corrected chi connectivity index (χ2v) is 5.63. The monoisotopic (exact) mass is 337 g/mol. The van der Waals surface area contributed by atoms with Crippen LogP contribution in [0.5, 0.6) is 5.88 Å². The minimum Gasteiger partial charge on any atom is -0.481 e. The molecule has 1 atom stereocenters. The summed E-state index contributed by atoms with van der Waals surface area (Å²) in [6, 6.07) is 3.31. The lowest BCUT2D eigenvalue weighted by molar-refractivity contribution is -0.150. The van der Waals surface area contributed by atoms with Crippen LogP contribution in [-0.4, -0.2) is 74.9 Å². The van der Waals surface area contributed by atoms with Gasteiger partial charge in [0.25, 0.3) is 5.91 Å². The van der Waals surface area contributed by atoms with Crippen molar-refractivity contribution in [2.75, 3.05) is 47.6 Å². The van der Waals surface area contributed by atoms with Crippen molar-refractivity contribution in [2.45, 2.75) is 12.0 Å². The molecule has 0 radical (unpaired) electrons. The van der Waals surface area contributed by atoms with Crippen LogP contribution in [0.1, 0.15) is 16.8 Å². The maximum atomic E-state index is 12.7. The number of rotatable bonds is 6. The highest BCUT2D eigenvalue weighted by Gasteiger charge is 2.40. The van der Waals surface area contributed by atoms with Crippen molar-refractivity contribution in [1.82, 2.24) is 15.2 Å². The van der Waals surface area contributed by atoms with E-state index < -0.39 is 5.60 Å². The van der Waals surface area contributed by atoms with Crippen LogP contribution in [0.2, 0.25) is 0 Å². The second-order valence-electron chi connectivity index (χ2n) is 5.63.